The first-order valence-electron chi connectivity index (χ1n) is 5.10. The molecule has 5 nitrogen and oxygen atoms in total. The monoisotopic (exact) mass is 301 g/mol. The van der Waals surface area contributed by atoms with Crippen LogP contribution in [0.1, 0.15) is 0 Å². The molecule has 19 heavy (non-hydrogen) atoms. The topological polar surface area (TPSA) is 72.0 Å². The number of rotatable bonds is 3. The van der Waals surface area contributed by atoms with E-state index in [0.29, 0.717) is 5.69 Å². The molecule has 1 heterocycles. The van der Waals surface area contributed by atoms with Gasteiger partial charge < -0.3 is 5.32 Å². The van der Waals surface area contributed by atoms with Gasteiger partial charge >= 0.3 is 0 Å². The number of hydrogen-bond donors (Lipinski definition) is 1. The SMILES string of the molecule is CS(=O)(=O)c1cc(Nc2ccc(F)c(Cl)c2)ncn1. The van der Waals surface area contributed by atoms with E-state index in [0.717, 1.165) is 12.6 Å². The number of hydrogen-bond acceptors (Lipinski definition) is 5. The predicted octanol–water partition coefficient (Wildman–Crippen LogP) is 2.42. The summed E-state index contributed by atoms with van der Waals surface area (Å²) in [5.41, 5.74) is 0.490. The van der Waals surface area contributed by atoms with Gasteiger partial charge in [0.05, 0.1) is 5.02 Å². The molecule has 0 unspecified atom stereocenters. The minimum Gasteiger partial charge on any atom is -0.340 e. The molecule has 0 saturated carbocycles. The molecule has 1 N–H and O–H groups in total. The van der Waals surface area contributed by atoms with Crippen molar-refractivity contribution >= 4 is 32.9 Å². The van der Waals surface area contributed by atoms with E-state index in [1.165, 1.54) is 24.3 Å². The molecular weight excluding hydrogens is 293 g/mol. The standard InChI is InChI=1S/C11H9ClFN3O2S/c1-19(17,18)11-5-10(14-6-15-11)16-7-2-3-9(13)8(12)4-7/h2-6H,1H3,(H,14,15,16). The lowest BCUT2D eigenvalue weighted by molar-refractivity contribution is 0.598. The van der Waals surface area contributed by atoms with Crippen LogP contribution in [0.2, 0.25) is 5.02 Å². The fraction of sp³-hybridized carbons (Fsp3) is 0.0909. The molecule has 100 valence electrons. The van der Waals surface area contributed by atoms with Gasteiger partial charge in [-0.15, -0.1) is 0 Å². The molecular formula is C11H9ClFN3O2S. The van der Waals surface area contributed by atoms with Gasteiger partial charge in [-0.05, 0) is 18.2 Å². The Hall–Kier alpha value is -1.73. The van der Waals surface area contributed by atoms with Crippen LogP contribution in [0, 0.1) is 5.82 Å². The molecule has 1 aromatic heterocycles. The summed E-state index contributed by atoms with van der Waals surface area (Å²) in [4.78, 5) is 7.54. The summed E-state index contributed by atoms with van der Waals surface area (Å²) in [7, 11) is -3.41. The summed E-state index contributed by atoms with van der Waals surface area (Å²) in [5.74, 6) is -0.259. The Morgan fingerprint density at radius 1 is 1.26 bits per heavy atom. The van der Waals surface area contributed by atoms with Crippen LogP contribution in [0.4, 0.5) is 15.9 Å². The summed E-state index contributed by atoms with van der Waals surface area (Å²) in [5, 5.41) is 2.68. The second kappa shape index (κ2) is 5.10. The quantitative estimate of drug-likeness (QED) is 0.882. The van der Waals surface area contributed by atoms with Crippen molar-refractivity contribution in [2.24, 2.45) is 0 Å². The first-order chi connectivity index (χ1) is 8.86. The minimum absolute atomic E-state index is 0.0395. The maximum absolute atomic E-state index is 13.0. The van der Waals surface area contributed by atoms with Crippen LogP contribution in [0.5, 0.6) is 0 Å². The van der Waals surface area contributed by atoms with Crippen LogP contribution in [-0.4, -0.2) is 24.6 Å². The smallest absolute Gasteiger partial charge is 0.192 e. The Morgan fingerprint density at radius 2 is 2.00 bits per heavy atom. The maximum atomic E-state index is 13.0. The van der Waals surface area contributed by atoms with Crippen molar-refractivity contribution in [2.75, 3.05) is 11.6 Å². The number of nitrogens with one attached hydrogen (secondary N) is 1. The van der Waals surface area contributed by atoms with Gasteiger partial charge in [-0.1, -0.05) is 11.6 Å². The van der Waals surface area contributed by atoms with Crippen molar-refractivity contribution in [1.29, 1.82) is 0 Å². The van der Waals surface area contributed by atoms with E-state index >= 15 is 0 Å². The Labute approximate surface area is 114 Å². The normalized spacial score (nSPS) is 11.3. The molecule has 0 atom stereocenters. The average Bonchev–Trinajstić information content (AvgIpc) is 2.33. The molecule has 0 fully saturated rings. The van der Waals surface area contributed by atoms with Crippen LogP contribution in [0.15, 0.2) is 35.6 Å². The number of benzene rings is 1. The number of sulfone groups is 1. The largest absolute Gasteiger partial charge is 0.340 e. The Balaban J connectivity index is 2.31. The van der Waals surface area contributed by atoms with Crippen molar-refractivity contribution in [3.05, 3.63) is 41.4 Å². The van der Waals surface area contributed by atoms with E-state index in [4.69, 9.17) is 11.6 Å². The van der Waals surface area contributed by atoms with E-state index in [-0.39, 0.29) is 15.9 Å². The first kappa shape index (κ1) is 13.7. The van der Waals surface area contributed by atoms with E-state index in [1.54, 1.807) is 0 Å². The molecule has 1 aromatic carbocycles. The number of nitrogens with zero attached hydrogens (tertiary/aromatic N) is 2. The minimum atomic E-state index is -3.41. The molecule has 0 radical (unpaired) electrons. The maximum Gasteiger partial charge on any atom is 0.192 e. The summed E-state index contributed by atoms with van der Waals surface area (Å²) in [6, 6.07) is 5.32. The molecule has 0 aliphatic rings. The lowest BCUT2D eigenvalue weighted by Gasteiger charge is -2.06. The van der Waals surface area contributed by atoms with E-state index < -0.39 is 15.7 Å². The van der Waals surface area contributed by atoms with Gasteiger partial charge in [0.25, 0.3) is 0 Å². The molecule has 0 spiro atoms. The zero-order chi connectivity index (χ0) is 14.0. The van der Waals surface area contributed by atoms with Crippen LogP contribution in [0.3, 0.4) is 0 Å². The van der Waals surface area contributed by atoms with E-state index in [2.05, 4.69) is 15.3 Å². The average molecular weight is 302 g/mol. The molecule has 0 aliphatic heterocycles. The zero-order valence-electron chi connectivity index (χ0n) is 9.76. The highest BCUT2D eigenvalue weighted by molar-refractivity contribution is 7.90. The van der Waals surface area contributed by atoms with Crippen molar-refractivity contribution in [3.8, 4) is 0 Å². The highest BCUT2D eigenvalue weighted by Crippen LogP contribution is 2.22. The van der Waals surface area contributed by atoms with Crippen LogP contribution < -0.4 is 5.32 Å². The highest BCUT2D eigenvalue weighted by Gasteiger charge is 2.10. The molecule has 0 amide bonds. The third-order valence-corrected chi connectivity index (χ3v) is 3.49. The van der Waals surface area contributed by atoms with Gasteiger partial charge in [0.15, 0.2) is 14.9 Å². The first-order valence-corrected chi connectivity index (χ1v) is 7.37. The van der Waals surface area contributed by atoms with Gasteiger partial charge in [0.1, 0.15) is 18.0 Å². The third-order valence-electron chi connectivity index (χ3n) is 2.21. The van der Waals surface area contributed by atoms with Gasteiger partial charge in [-0.3, -0.25) is 0 Å². The Kier molecular flexibility index (Phi) is 3.68. The molecule has 0 bridgehead atoms. The fourth-order valence-electron chi connectivity index (χ4n) is 1.33. The van der Waals surface area contributed by atoms with Gasteiger partial charge in [-0.25, -0.2) is 22.8 Å². The van der Waals surface area contributed by atoms with E-state index in [1.807, 2.05) is 0 Å². The molecule has 8 heteroatoms. The van der Waals surface area contributed by atoms with Crippen molar-refractivity contribution in [1.82, 2.24) is 9.97 Å². The van der Waals surface area contributed by atoms with Crippen LogP contribution in [0.25, 0.3) is 0 Å². The van der Waals surface area contributed by atoms with Crippen molar-refractivity contribution in [2.45, 2.75) is 5.03 Å². The number of halogens is 2. The molecule has 0 saturated heterocycles. The lowest BCUT2D eigenvalue weighted by atomic mass is 10.3. The fourth-order valence-corrected chi connectivity index (χ4v) is 2.08. The summed E-state index contributed by atoms with van der Waals surface area (Å²) >= 11 is 5.64. The molecule has 2 rings (SSSR count). The van der Waals surface area contributed by atoms with Gasteiger partial charge in [0, 0.05) is 18.0 Å². The summed E-state index contributed by atoms with van der Waals surface area (Å²) < 4.78 is 35.7. The predicted molar refractivity (Wildman–Crippen MR) is 69.8 cm³/mol. The lowest BCUT2D eigenvalue weighted by Crippen LogP contribution is -2.03. The second-order valence-corrected chi connectivity index (χ2v) is 6.14. The Morgan fingerprint density at radius 3 is 2.63 bits per heavy atom. The number of anilines is 2. The number of aromatic nitrogens is 2. The van der Waals surface area contributed by atoms with E-state index in [9.17, 15) is 12.8 Å². The molecule has 0 aliphatic carbocycles. The second-order valence-electron chi connectivity index (χ2n) is 3.77. The van der Waals surface area contributed by atoms with Gasteiger partial charge in [-0.2, -0.15) is 0 Å². The summed E-state index contributed by atoms with van der Waals surface area (Å²) in [6.07, 6.45) is 2.18. The highest BCUT2D eigenvalue weighted by atomic mass is 35.5. The Bertz CT molecular complexity index is 722. The van der Waals surface area contributed by atoms with Crippen molar-refractivity contribution < 1.29 is 12.8 Å². The summed E-state index contributed by atoms with van der Waals surface area (Å²) in [6.45, 7) is 0. The third kappa shape index (κ3) is 3.39. The van der Waals surface area contributed by atoms with Gasteiger partial charge in [0.2, 0.25) is 0 Å². The zero-order valence-corrected chi connectivity index (χ0v) is 11.3. The van der Waals surface area contributed by atoms with Crippen molar-refractivity contribution in [3.63, 3.8) is 0 Å². The van der Waals surface area contributed by atoms with Crippen LogP contribution >= 0.6 is 11.6 Å². The molecule has 2 aromatic rings. The van der Waals surface area contributed by atoms with Crippen LogP contribution in [-0.2, 0) is 9.84 Å².